The molecule has 1 atom stereocenters. The van der Waals surface area contributed by atoms with Crippen LogP contribution in [0.25, 0.3) is 5.69 Å². The van der Waals surface area contributed by atoms with Crippen molar-refractivity contribution in [2.24, 2.45) is 0 Å². The summed E-state index contributed by atoms with van der Waals surface area (Å²) in [5.74, 6) is 0.130. The van der Waals surface area contributed by atoms with Gasteiger partial charge in [-0.25, -0.2) is 13.1 Å². The van der Waals surface area contributed by atoms with Gasteiger partial charge in [-0.3, -0.25) is 9.48 Å². The molecule has 0 unspecified atom stereocenters. The minimum atomic E-state index is -3.00. The first-order valence-corrected chi connectivity index (χ1v) is 11.0. The normalized spacial score (nSPS) is 18.1. The van der Waals surface area contributed by atoms with E-state index >= 15 is 0 Å². The highest BCUT2D eigenvalue weighted by molar-refractivity contribution is 7.91. The standard InChI is InChI=1S/C18H21N7O3S/c1-12-17(13(2)25(21-12)16-7-8-29(27,28)10-16)9-18(26)20-14-3-5-15(6-4-14)24-11-19-22-23-24/h3-6,11,16H,7-10H2,1-2H3,(H,20,26)/t16-/m0/s1. The zero-order chi connectivity index (χ0) is 20.6. The molecule has 1 saturated heterocycles. The van der Waals surface area contributed by atoms with Gasteiger partial charge in [0.15, 0.2) is 9.84 Å². The van der Waals surface area contributed by atoms with Gasteiger partial charge in [-0.1, -0.05) is 0 Å². The number of carbonyl (C=O) groups is 1. The number of hydrogen-bond acceptors (Lipinski definition) is 7. The maximum atomic E-state index is 12.6. The SMILES string of the molecule is Cc1nn([C@H]2CCS(=O)(=O)C2)c(C)c1CC(=O)Nc1ccc(-n2cnnn2)cc1. The molecule has 1 aliphatic rings. The third-order valence-corrected chi connectivity index (χ3v) is 6.88. The van der Waals surface area contributed by atoms with E-state index in [9.17, 15) is 13.2 Å². The van der Waals surface area contributed by atoms with Crippen molar-refractivity contribution in [1.82, 2.24) is 30.0 Å². The summed E-state index contributed by atoms with van der Waals surface area (Å²) in [6, 6.07) is 7.01. The summed E-state index contributed by atoms with van der Waals surface area (Å²) < 4.78 is 26.9. The number of tetrazole rings is 1. The van der Waals surface area contributed by atoms with Crippen molar-refractivity contribution in [2.75, 3.05) is 16.8 Å². The number of anilines is 1. The number of sulfone groups is 1. The number of carbonyl (C=O) groups excluding carboxylic acids is 1. The van der Waals surface area contributed by atoms with Gasteiger partial charge >= 0.3 is 0 Å². The highest BCUT2D eigenvalue weighted by Crippen LogP contribution is 2.27. The monoisotopic (exact) mass is 415 g/mol. The molecule has 1 fully saturated rings. The van der Waals surface area contributed by atoms with Gasteiger partial charge in [0.2, 0.25) is 5.91 Å². The van der Waals surface area contributed by atoms with Crippen LogP contribution >= 0.6 is 0 Å². The van der Waals surface area contributed by atoms with Crippen molar-refractivity contribution in [3.63, 3.8) is 0 Å². The molecule has 3 heterocycles. The smallest absolute Gasteiger partial charge is 0.228 e. The van der Waals surface area contributed by atoms with Gasteiger partial charge in [-0.2, -0.15) is 5.10 Å². The molecule has 0 bridgehead atoms. The van der Waals surface area contributed by atoms with Gasteiger partial charge in [-0.05, 0) is 55.0 Å². The second-order valence-corrected chi connectivity index (χ2v) is 9.41. The van der Waals surface area contributed by atoms with Crippen molar-refractivity contribution < 1.29 is 13.2 Å². The van der Waals surface area contributed by atoms with Crippen LogP contribution in [0, 0.1) is 13.8 Å². The van der Waals surface area contributed by atoms with Crippen LogP contribution < -0.4 is 5.32 Å². The van der Waals surface area contributed by atoms with Gasteiger partial charge in [0.25, 0.3) is 0 Å². The second-order valence-electron chi connectivity index (χ2n) is 7.18. The Bertz CT molecular complexity index is 1140. The Hall–Kier alpha value is -3.08. The number of nitrogens with zero attached hydrogens (tertiary/aromatic N) is 6. The number of rotatable bonds is 5. The van der Waals surface area contributed by atoms with E-state index in [0.717, 1.165) is 22.6 Å². The minimum absolute atomic E-state index is 0.105. The molecular formula is C18H21N7O3S. The largest absolute Gasteiger partial charge is 0.326 e. The average Bonchev–Trinajstić information content (AvgIpc) is 3.39. The summed E-state index contributed by atoms with van der Waals surface area (Å²) in [6.07, 6.45) is 2.22. The van der Waals surface area contributed by atoms with Crippen LogP contribution in [0.3, 0.4) is 0 Å². The summed E-state index contributed by atoms with van der Waals surface area (Å²) in [5.41, 5.74) is 3.87. The van der Waals surface area contributed by atoms with E-state index in [1.165, 1.54) is 11.0 Å². The molecule has 0 saturated carbocycles. The van der Waals surface area contributed by atoms with Crippen molar-refractivity contribution >= 4 is 21.4 Å². The van der Waals surface area contributed by atoms with E-state index in [-0.39, 0.29) is 29.9 Å². The predicted octanol–water partition coefficient (Wildman–Crippen LogP) is 1.02. The Morgan fingerprint density at radius 2 is 2.00 bits per heavy atom. The maximum Gasteiger partial charge on any atom is 0.228 e. The first-order chi connectivity index (χ1) is 13.8. The van der Waals surface area contributed by atoms with E-state index in [1.807, 2.05) is 13.8 Å². The summed E-state index contributed by atoms with van der Waals surface area (Å²) in [5, 5.41) is 18.4. The first kappa shape index (κ1) is 19.2. The quantitative estimate of drug-likeness (QED) is 0.659. The summed E-state index contributed by atoms with van der Waals surface area (Å²) >= 11 is 0. The molecule has 3 aromatic rings. The van der Waals surface area contributed by atoms with Gasteiger partial charge in [0.05, 0.1) is 35.3 Å². The molecule has 10 nitrogen and oxygen atoms in total. The van der Waals surface area contributed by atoms with Crippen LogP contribution in [0.5, 0.6) is 0 Å². The summed E-state index contributed by atoms with van der Waals surface area (Å²) in [4.78, 5) is 12.6. The van der Waals surface area contributed by atoms with E-state index in [1.54, 1.807) is 28.9 Å². The Balaban J connectivity index is 1.45. The van der Waals surface area contributed by atoms with Gasteiger partial charge < -0.3 is 5.32 Å². The Labute approximate surface area is 167 Å². The molecule has 0 radical (unpaired) electrons. The van der Waals surface area contributed by atoms with Crippen LogP contribution in [-0.2, 0) is 21.1 Å². The lowest BCUT2D eigenvalue weighted by molar-refractivity contribution is -0.115. The van der Waals surface area contributed by atoms with Gasteiger partial charge in [-0.15, -0.1) is 5.10 Å². The molecule has 152 valence electrons. The Morgan fingerprint density at radius 1 is 1.24 bits per heavy atom. The van der Waals surface area contributed by atoms with E-state index in [4.69, 9.17) is 0 Å². The van der Waals surface area contributed by atoms with Gasteiger partial charge in [0.1, 0.15) is 6.33 Å². The van der Waals surface area contributed by atoms with E-state index < -0.39 is 9.84 Å². The molecule has 1 amide bonds. The molecule has 1 aliphatic heterocycles. The number of hydrogen-bond donors (Lipinski definition) is 1. The first-order valence-electron chi connectivity index (χ1n) is 9.21. The number of benzene rings is 1. The second kappa shape index (κ2) is 7.39. The molecule has 29 heavy (non-hydrogen) atoms. The lowest BCUT2D eigenvalue weighted by atomic mass is 10.1. The Kier molecular flexibility index (Phi) is 4.91. The minimum Gasteiger partial charge on any atom is -0.326 e. The Morgan fingerprint density at radius 3 is 2.62 bits per heavy atom. The molecule has 0 spiro atoms. The van der Waals surface area contributed by atoms with Crippen LogP contribution in [-0.4, -0.2) is 55.8 Å². The molecule has 11 heteroatoms. The van der Waals surface area contributed by atoms with Crippen LogP contribution in [0.1, 0.15) is 29.4 Å². The molecule has 1 N–H and O–H groups in total. The number of aromatic nitrogens is 6. The van der Waals surface area contributed by atoms with Crippen LogP contribution in [0.2, 0.25) is 0 Å². The summed E-state index contributed by atoms with van der Waals surface area (Å²) in [7, 11) is -3.00. The third-order valence-electron chi connectivity index (χ3n) is 5.13. The summed E-state index contributed by atoms with van der Waals surface area (Å²) in [6.45, 7) is 3.73. The van der Waals surface area contributed by atoms with Crippen molar-refractivity contribution in [3.8, 4) is 5.69 Å². The van der Waals surface area contributed by atoms with Crippen LogP contribution in [0.4, 0.5) is 5.69 Å². The number of nitrogens with one attached hydrogen (secondary N) is 1. The molecular weight excluding hydrogens is 394 g/mol. The number of amides is 1. The molecule has 1 aromatic carbocycles. The van der Waals surface area contributed by atoms with Crippen molar-refractivity contribution in [2.45, 2.75) is 32.7 Å². The molecule has 2 aromatic heterocycles. The number of aryl methyl sites for hydroxylation is 1. The van der Waals surface area contributed by atoms with Crippen molar-refractivity contribution in [1.29, 1.82) is 0 Å². The lowest BCUT2D eigenvalue weighted by Crippen LogP contribution is -2.16. The zero-order valence-electron chi connectivity index (χ0n) is 16.1. The average molecular weight is 415 g/mol. The fourth-order valence-corrected chi connectivity index (χ4v) is 5.31. The highest BCUT2D eigenvalue weighted by Gasteiger charge is 2.31. The van der Waals surface area contributed by atoms with Gasteiger partial charge in [0, 0.05) is 16.9 Å². The van der Waals surface area contributed by atoms with Crippen molar-refractivity contribution in [3.05, 3.63) is 47.5 Å². The topological polar surface area (TPSA) is 125 Å². The lowest BCUT2D eigenvalue weighted by Gasteiger charge is -2.11. The fraction of sp³-hybridized carbons (Fsp3) is 0.389. The molecule has 0 aliphatic carbocycles. The van der Waals surface area contributed by atoms with E-state index in [2.05, 4.69) is 25.9 Å². The maximum absolute atomic E-state index is 12.6. The molecule has 4 rings (SSSR count). The zero-order valence-corrected chi connectivity index (χ0v) is 16.9. The fourth-order valence-electron chi connectivity index (χ4n) is 3.62. The highest BCUT2D eigenvalue weighted by atomic mass is 32.2. The van der Waals surface area contributed by atoms with Crippen LogP contribution in [0.15, 0.2) is 30.6 Å². The van der Waals surface area contributed by atoms with E-state index in [0.29, 0.717) is 12.1 Å². The third kappa shape index (κ3) is 4.04. The predicted molar refractivity (Wildman–Crippen MR) is 105 cm³/mol.